The lowest BCUT2D eigenvalue weighted by Crippen LogP contribution is -2.42. The molecule has 0 unspecified atom stereocenters. The zero-order valence-corrected chi connectivity index (χ0v) is 14.3. The molecule has 0 spiro atoms. The minimum atomic E-state index is 0.0801. The fourth-order valence-electron chi connectivity index (χ4n) is 4.38. The number of allylic oxidation sites excluding steroid dienone is 2. The second-order valence-electron chi connectivity index (χ2n) is 7.08. The van der Waals surface area contributed by atoms with Crippen molar-refractivity contribution in [2.75, 3.05) is 0 Å². The summed E-state index contributed by atoms with van der Waals surface area (Å²) < 4.78 is 9.77. The molecule has 3 aliphatic rings. The summed E-state index contributed by atoms with van der Waals surface area (Å²) in [6, 6.07) is 15.8. The Hall–Kier alpha value is -3.24. The number of nitrogens with zero attached hydrogens (tertiary/aromatic N) is 2. The first-order valence-electron chi connectivity index (χ1n) is 8.73. The average Bonchev–Trinajstić information content (AvgIpc) is 2.71. The topological polar surface area (TPSA) is 66.0 Å². The maximum atomic E-state index is 8.62. The highest BCUT2D eigenvalue weighted by Crippen LogP contribution is 2.54. The largest absolute Gasteiger partial charge is 0.388 e. The van der Waals surface area contributed by atoms with E-state index in [0.29, 0.717) is 11.5 Å². The van der Waals surface area contributed by atoms with Crippen LogP contribution in [0.3, 0.4) is 0 Å². The maximum absolute atomic E-state index is 8.62. The lowest BCUT2D eigenvalue weighted by Gasteiger charge is -2.49. The fourth-order valence-corrected chi connectivity index (χ4v) is 4.38. The van der Waals surface area contributed by atoms with E-state index in [1.54, 1.807) is 12.5 Å². The third-order valence-electron chi connectivity index (χ3n) is 5.94. The van der Waals surface area contributed by atoms with E-state index in [2.05, 4.69) is 36.4 Å². The fraction of sp³-hybridized carbons (Fsp3) is 0.273. The van der Waals surface area contributed by atoms with Gasteiger partial charge in [-0.3, -0.25) is 0 Å². The quantitative estimate of drug-likeness (QED) is 0.595. The standard InChI is InChI=1S/C22H18N2O2/c23-15-25-19-5-1-17(2-6-19)21-9-12-22(13-10-21,14-11-21)18-3-7-20(8-4-18)26-16-24/h1-9,12H,10-11,13-14H2. The Bertz CT molecular complexity index is 829. The van der Waals surface area contributed by atoms with Crippen molar-refractivity contribution in [3.63, 3.8) is 0 Å². The highest BCUT2D eigenvalue weighted by molar-refractivity contribution is 5.45. The van der Waals surface area contributed by atoms with Gasteiger partial charge in [0, 0.05) is 10.8 Å². The second-order valence-corrected chi connectivity index (χ2v) is 7.08. The van der Waals surface area contributed by atoms with E-state index >= 15 is 0 Å². The van der Waals surface area contributed by atoms with E-state index in [9.17, 15) is 0 Å². The summed E-state index contributed by atoms with van der Waals surface area (Å²) in [7, 11) is 0. The molecule has 1 fully saturated rings. The molecular weight excluding hydrogens is 324 g/mol. The van der Waals surface area contributed by atoms with Crippen LogP contribution in [0.1, 0.15) is 36.8 Å². The van der Waals surface area contributed by atoms with E-state index in [1.807, 2.05) is 24.3 Å². The first kappa shape index (κ1) is 16.2. The van der Waals surface area contributed by atoms with Crippen molar-refractivity contribution in [2.45, 2.75) is 36.5 Å². The van der Waals surface area contributed by atoms with Gasteiger partial charge in [0.25, 0.3) is 12.5 Å². The van der Waals surface area contributed by atoms with Crippen molar-refractivity contribution in [2.24, 2.45) is 0 Å². The molecule has 0 aromatic heterocycles. The Morgan fingerprint density at radius 2 is 0.962 bits per heavy atom. The molecule has 0 saturated heterocycles. The van der Waals surface area contributed by atoms with Gasteiger partial charge >= 0.3 is 0 Å². The van der Waals surface area contributed by atoms with Crippen LogP contribution in [0.5, 0.6) is 11.5 Å². The molecular formula is C22H18N2O2. The van der Waals surface area contributed by atoms with Crippen LogP contribution in [0.2, 0.25) is 0 Å². The number of fused-ring (bicyclic) bond motifs is 2. The van der Waals surface area contributed by atoms with Gasteiger partial charge in [-0.05, 0) is 61.1 Å². The van der Waals surface area contributed by atoms with Crippen LogP contribution in [0.25, 0.3) is 0 Å². The van der Waals surface area contributed by atoms with Gasteiger partial charge in [-0.25, -0.2) is 0 Å². The molecule has 4 heteroatoms. The minimum Gasteiger partial charge on any atom is -0.388 e. The summed E-state index contributed by atoms with van der Waals surface area (Å²) in [4.78, 5) is 0. The van der Waals surface area contributed by atoms with Crippen LogP contribution in [-0.2, 0) is 10.8 Å². The second kappa shape index (κ2) is 6.24. The summed E-state index contributed by atoms with van der Waals surface area (Å²) in [5.74, 6) is 1.16. The van der Waals surface area contributed by atoms with Gasteiger partial charge in [0.05, 0.1) is 0 Å². The number of hydrogen-bond donors (Lipinski definition) is 0. The first-order valence-corrected chi connectivity index (χ1v) is 8.73. The molecule has 1 saturated carbocycles. The van der Waals surface area contributed by atoms with Crippen LogP contribution in [0.4, 0.5) is 0 Å². The SMILES string of the molecule is N#COc1ccc(C23C=CC(c4ccc(OC#N)cc4)(CC2)CC3)cc1. The molecule has 0 amide bonds. The van der Waals surface area contributed by atoms with Crippen LogP contribution < -0.4 is 9.47 Å². The number of rotatable bonds is 4. The molecule has 0 radical (unpaired) electrons. The van der Waals surface area contributed by atoms with E-state index < -0.39 is 0 Å². The van der Waals surface area contributed by atoms with Crippen LogP contribution in [0, 0.1) is 23.0 Å². The molecule has 0 heterocycles. The molecule has 5 rings (SSSR count). The number of benzene rings is 2. The zero-order valence-electron chi connectivity index (χ0n) is 14.3. The van der Waals surface area contributed by atoms with Crippen LogP contribution >= 0.6 is 0 Å². The molecule has 0 aliphatic heterocycles. The van der Waals surface area contributed by atoms with E-state index in [4.69, 9.17) is 20.0 Å². The van der Waals surface area contributed by atoms with E-state index in [1.165, 1.54) is 11.1 Å². The summed E-state index contributed by atoms with van der Waals surface area (Å²) in [5, 5.41) is 17.2. The van der Waals surface area contributed by atoms with Gasteiger partial charge < -0.3 is 9.47 Å². The number of ether oxygens (including phenoxy) is 2. The zero-order chi connectivity index (χ0) is 18.0. The Balaban J connectivity index is 1.59. The number of nitriles is 2. The monoisotopic (exact) mass is 342 g/mol. The first-order chi connectivity index (χ1) is 12.7. The molecule has 2 aromatic rings. The summed E-state index contributed by atoms with van der Waals surface area (Å²) in [5.41, 5.74) is 2.73. The smallest absolute Gasteiger partial charge is 0.292 e. The van der Waals surface area contributed by atoms with Crippen LogP contribution in [-0.4, -0.2) is 0 Å². The molecule has 0 N–H and O–H groups in total. The van der Waals surface area contributed by atoms with E-state index in [-0.39, 0.29) is 10.8 Å². The van der Waals surface area contributed by atoms with Crippen molar-refractivity contribution in [1.82, 2.24) is 0 Å². The van der Waals surface area contributed by atoms with Gasteiger partial charge in [-0.15, -0.1) is 10.5 Å². The predicted octanol–water partition coefficient (Wildman–Crippen LogP) is 4.73. The van der Waals surface area contributed by atoms with E-state index in [0.717, 1.165) is 25.7 Å². The van der Waals surface area contributed by atoms with Gasteiger partial charge in [0.15, 0.2) is 0 Å². The Kier molecular flexibility index (Phi) is 3.90. The van der Waals surface area contributed by atoms with Crippen molar-refractivity contribution < 1.29 is 9.47 Å². The summed E-state index contributed by atoms with van der Waals surface area (Å²) in [6.45, 7) is 0. The van der Waals surface area contributed by atoms with Gasteiger partial charge in [0.1, 0.15) is 11.5 Å². The van der Waals surface area contributed by atoms with Gasteiger partial charge in [-0.1, -0.05) is 36.4 Å². The normalized spacial score (nSPS) is 25.9. The van der Waals surface area contributed by atoms with Gasteiger partial charge in [-0.2, -0.15) is 0 Å². The molecule has 26 heavy (non-hydrogen) atoms. The third kappa shape index (κ3) is 2.61. The molecule has 3 aliphatic carbocycles. The maximum Gasteiger partial charge on any atom is 0.292 e. The third-order valence-corrected chi connectivity index (χ3v) is 5.94. The molecule has 2 aromatic carbocycles. The molecule has 128 valence electrons. The lowest BCUT2D eigenvalue weighted by atomic mass is 9.54. The van der Waals surface area contributed by atoms with Crippen molar-refractivity contribution in [3.05, 3.63) is 71.8 Å². The van der Waals surface area contributed by atoms with Crippen molar-refractivity contribution in [3.8, 4) is 24.0 Å². The average molecular weight is 342 g/mol. The molecule has 0 atom stereocenters. The number of hydrogen-bond acceptors (Lipinski definition) is 4. The van der Waals surface area contributed by atoms with Crippen molar-refractivity contribution in [1.29, 1.82) is 10.5 Å². The molecule has 4 nitrogen and oxygen atoms in total. The highest BCUT2D eigenvalue weighted by Gasteiger charge is 2.46. The Morgan fingerprint density at radius 1 is 0.615 bits per heavy atom. The van der Waals surface area contributed by atoms with Crippen molar-refractivity contribution >= 4 is 0 Å². The highest BCUT2D eigenvalue weighted by atomic mass is 16.5. The van der Waals surface area contributed by atoms with Gasteiger partial charge in [0.2, 0.25) is 0 Å². The summed E-state index contributed by atoms with van der Waals surface area (Å²) in [6.07, 6.45) is 12.5. The lowest BCUT2D eigenvalue weighted by molar-refractivity contribution is 0.244. The predicted molar refractivity (Wildman–Crippen MR) is 96.3 cm³/mol. The Morgan fingerprint density at radius 3 is 1.23 bits per heavy atom. The summed E-state index contributed by atoms with van der Waals surface area (Å²) >= 11 is 0. The minimum absolute atomic E-state index is 0.0801. The Labute approximate surface area is 152 Å². The van der Waals surface area contributed by atoms with Crippen LogP contribution in [0.15, 0.2) is 60.7 Å². The molecule has 2 bridgehead atoms.